The average Bonchev–Trinajstić information content (AvgIpc) is 2.34. The molecule has 0 bridgehead atoms. The molecule has 0 spiro atoms. The lowest BCUT2D eigenvalue weighted by molar-refractivity contribution is 0.340. The van der Waals surface area contributed by atoms with E-state index in [1.165, 1.54) is 0 Å². The summed E-state index contributed by atoms with van der Waals surface area (Å²) >= 11 is 3.52. The Balaban J connectivity index is 2.51. The van der Waals surface area contributed by atoms with E-state index in [1.54, 1.807) is 23.7 Å². The van der Waals surface area contributed by atoms with E-state index in [0.717, 1.165) is 21.5 Å². The lowest BCUT2D eigenvalue weighted by Gasteiger charge is -2.11. The van der Waals surface area contributed by atoms with Crippen LogP contribution in [0.15, 0.2) is 45.7 Å². The van der Waals surface area contributed by atoms with Gasteiger partial charge in [-0.05, 0) is 47.1 Å². The van der Waals surface area contributed by atoms with Crippen molar-refractivity contribution in [1.29, 1.82) is 0 Å². The molecule has 0 saturated carbocycles. The van der Waals surface area contributed by atoms with Gasteiger partial charge >= 0.3 is 0 Å². The molecule has 0 radical (unpaired) electrons. The average molecular weight is 308 g/mol. The highest BCUT2D eigenvalue weighted by atomic mass is 79.9. The minimum atomic E-state index is -0.0201. The third-order valence-electron chi connectivity index (χ3n) is 2.71. The second-order valence-electron chi connectivity index (χ2n) is 3.88. The minimum absolute atomic E-state index is 0.0201. The van der Waals surface area contributed by atoms with Crippen LogP contribution in [0.3, 0.4) is 0 Å². The van der Waals surface area contributed by atoms with Crippen LogP contribution in [0, 0.1) is 0 Å². The number of hydrogen-bond acceptors (Lipinski definition) is 2. The van der Waals surface area contributed by atoms with Crippen molar-refractivity contribution < 1.29 is 4.74 Å². The van der Waals surface area contributed by atoms with Crippen molar-refractivity contribution in [3.05, 3.63) is 51.2 Å². The smallest absolute Gasteiger partial charge is 0.250 e. The van der Waals surface area contributed by atoms with E-state index in [9.17, 15) is 4.79 Å². The normalized spacial score (nSPS) is 10.4. The second-order valence-corrected chi connectivity index (χ2v) is 4.74. The Kier molecular flexibility index (Phi) is 3.87. The molecule has 0 amide bonds. The van der Waals surface area contributed by atoms with Gasteiger partial charge in [0.15, 0.2) is 0 Å². The third kappa shape index (κ3) is 2.48. The molecule has 94 valence electrons. The van der Waals surface area contributed by atoms with Gasteiger partial charge in [0.2, 0.25) is 0 Å². The highest BCUT2D eigenvalue weighted by molar-refractivity contribution is 9.10. The summed E-state index contributed by atoms with van der Waals surface area (Å²) in [5.41, 5.74) is 1.82. The number of halogens is 1. The standard InChI is InChI=1S/C14H14BrNO2/c1-3-18-10-7-8-11(12(15)9-10)13-5-4-6-14(17)16(13)2/h4-9H,3H2,1-2H3. The van der Waals surface area contributed by atoms with Crippen molar-refractivity contribution in [1.82, 2.24) is 4.57 Å². The minimum Gasteiger partial charge on any atom is -0.494 e. The predicted octanol–water partition coefficient (Wildman–Crippen LogP) is 3.21. The van der Waals surface area contributed by atoms with Crippen molar-refractivity contribution in [3.8, 4) is 17.0 Å². The first kappa shape index (κ1) is 12.9. The fraction of sp³-hybridized carbons (Fsp3) is 0.214. The molecule has 2 rings (SSSR count). The third-order valence-corrected chi connectivity index (χ3v) is 3.37. The van der Waals surface area contributed by atoms with Gasteiger partial charge in [-0.1, -0.05) is 6.07 Å². The lowest BCUT2D eigenvalue weighted by Crippen LogP contribution is -2.16. The van der Waals surface area contributed by atoms with Gasteiger partial charge in [-0.25, -0.2) is 0 Å². The lowest BCUT2D eigenvalue weighted by atomic mass is 10.1. The number of pyridine rings is 1. The summed E-state index contributed by atoms with van der Waals surface area (Å²) in [5, 5.41) is 0. The molecule has 2 aromatic rings. The van der Waals surface area contributed by atoms with Crippen LogP contribution in [0.4, 0.5) is 0 Å². The SMILES string of the molecule is CCOc1ccc(-c2cccc(=O)n2C)c(Br)c1. The number of nitrogens with zero attached hydrogens (tertiary/aromatic N) is 1. The van der Waals surface area contributed by atoms with E-state index in [-0.39, 0.29) is 5.56 Å². The number of rotatable bonds is 3. The summed E-state index contributed by atoms with van der Waals surface area (Å²) in [4.78, 5) is 11.6. The first-order valence-electron chi connectivity index (χ1n) is 5.72. The van der Waals surface area contributed by atoms with E-state index >= 15 is 0 Å². The van der Waals surface area contributed by atoms with Crippen molar-refractivity contribution >= 4 is 15.9 Å². The quantitative estimate of drug-likeness (QED) is 0.872. The van der Waals surface area contributed by atoms with E-state index < -0.39 is 0 Å². The van der Waals surface area contributed by atoms with E-state index in [1.807, 2.05) is 31.2 Å². The van der Waals surface area contributed by atoms with Crippen molar-refractivity contribution in [3.63, 3.8) is 0 Å². The van der Waals surface area contributed by atoms with Crippen LogP contribution in [0.2, 0.25) is 0 Å². The van der Waals surface area contributed by atoms with Crippen molar-refractivity contribution in [2.75, 3.05) is 6.61 Å². The number of ether oxygens (including phenoxy) is 1. The summed E-state index contributed by atoms with van der Waals surface area (Å²) in [7, 11) is 1.76. The Bertz CT molecular complexity index is 619. The molecule has 0 unspecified atom stereocenters. The van der Waals surface area contributed by atoms with E-state index in [4.69, 9.17) is 4.74 Å². The fourth-order valence-corrected chi connectivity index (χ4v) is 2.36. The first-order valence-corrected chi connectivity index (χ1v) is 6.51. The molecule has 3 nitrogen and oxygen atoms in total. The maximum absolute atomic E-state index is 11.6. The van der Waals surface area contributed by atoms with Crippen LogP contribution in [-0.4, -0.2) is 11.2 Å². The molecular weight excluding hydrogens is 294 g/mol. The molecule has 4 heteroatoms. The Morgan fingerprint density at radius 1 is 1.28 bits per heavy atom. The van der Waals surface area contributed by atoms with Crippen LogP contribution in [0.1, 0.15) is 6.92 Å². The zero-order valence-electron chi connectivity index (χ0n) is 10.3. The summed E-state index contributed by atoms with van der Waals surface area (Å²) < 4.78 is 7.97. The molecule has 0 N–H and O–H groups in total. The van der Waals surface area contributed by atoms with Gasteiger partial charge in [0, 0.05) is 23.2 Å². The predicted molar refractivity (Wildman–Crippen MR) is 76.0 cm³/mol. The van der Waals surface area contributed by atoms with E-state index in [0.29, 0.717) is 6.61 Å². The molecule has 1 aromatic heterocycles. The molecule has 18 heavy (non-hydrogen) atoms. The largest absolute Gasteiger partial charge is 0.494 e. The van der Waals surface area contributed by atoms with Crippen molar-refractivity contribution in [2.45, 2.75) is 6.92 Å². The van der Waals surface area contributed by atoms with Gasteiger partial charge in [0.05, 0.1) is 12.3 Å². The first-order chi connectivity index (χ1) is 8.63. The van der Waals surface area contributed by atoms with Gasteiger partial charge in [-0.3, -0.25) is 4.79 Å². The number of aromatic nitrogens is 1. The summed E-state index contributed by atoms with van der Waals surface area (Å²) in [6, 6.07) is 11.0. The maximum atomic E-state index is 11.6. The van der Waals surface area contributed by atoms with Crippen LogP contribution in [0.25, 0.3) is 11.3 Å². The Morgan fingerprint density at radius 3 is 2.72 bits per heavy atom. The van der Waals surface area contributed by atoms with Gasteiger partial charge in [0.25, 0.3) is 5.56 Å². The topological polar surface area (TPSA) is 31.2 Å². The Morgan fingerprint density at radius 2 is 2.06 bits per heavy atom. The van der Waals surface area contributed by atoms with Crippen LogP contribution in [-0.2, 0) is 7.05 Å². The maximum Gasteiger partial charge on any atom is 0.250 e. The number of benzene rings is 1. The molecule has 1 aromatic carbocycles. The summed E-state index contributed by atoms with van der Waals surface area (Å²) in [6.45, 7) is 2.58. The van der Waals surface area contributed by atoms with Gasteiger partial charge < -0.3 is 9.30 Å². The molecule has 0 aliphatic carbocycles. The van der Waals surface area contributed by atoms with Gasteiger partial charge in [-0.15, -0.1) is 0 Å². The zero-order chi connectivity index (χ0) is 13.1. The molecule has 0 fully saturated rings. The molecular formula is C14H14BrNO2. The van der Waals surface area contributed by atoms with E-state index in [2.05, 4.69) is 15.9 Å². The molecule has 0 aliphatic rings. The highest BCUT2D eigenvalue weighted by Crippen LogP contribution is 2.30. The molecule has 0 saturated heterocycles. The molecule has 1 heterocycles. The zero-order valence-corrected chi connectivity index (χ0v) is 11.9. The van der Waals surface area contributed by atoms with Crippen LogP contribution in [0.5, 0.6) is 5.75 Å². The summed E-state index contributed by atoms with van der Waals surface area (Å²) in [5.74, 6) is 0.814. The van der Waals surface area contributed by atoms with Gasteiger partial charge in [-0.2, -0.15) is 0 Å². The van der Waals surface area contributed by atoms with Crippen LogP contribution >= 0.6 is 15.9 Å². The Labute approximate surface area is 114 Å². The molecule has 0 aliphatic heterocycles. The monoisotopic (exact) mass is 307 g/mol. The fourth-order valence-electron chi connectivity index (χ4n) is 1.79. The summed E-state index contributed by atoms with van der Waals surface area (Å²) in [6.07, 6.45) is 0. The van der Waals surface area contributed by atoms with Crippen LogP contribution < -0.4 is 10.3 Å². The second kappa shape index (κ2) is 5.40. The van der Waals surface area contributed by atoms with Crippen molar-refractivity contribution in [2.24, 2.45) is 7.05 Å². The highest BCUT2D eigenvalue weighted by Gasteiger charge is 2.08. The Hall–Kier alpha value is -1.55. The number of hydrogen-bond donors (Lipinski definition) is 0. The van der Waals surface area contributed by atoms with Gasteiger partial charge in [0.1, 0.15) is 5.75 Å². The molecule has 0 atom stereocenters.